The molecular weight excluding hydrogens is 531 g/mol. The minimum Gasteiger partial charge on any atom is -0.492 e. The Morgan fingerprint density at radius 1 is 1.12 bits per heavy atom. The van der Waals surface area contributed by atoms with Gasteiger partial charge in [-0.05, 0) is 67.3 Å². The van der Waals surface area contributed by atoms with E-state index < -0.39 is 38.0 Å². The maximum absolute atomic E-state index is 14.4. The normalized spacial score (nSPS) is 12.2. The lowest BCUT2D eigenvalue weighted by Crippen LogP contribution is -2.33. The first-order chi connectivity index (χ1) is 19.1. The number of nitriles is 1. The highest BCUT2D eigenvalue weighted by atomic mass is 32.2. The third-order valence-corrected chi connectivity index (χ3v) is 8.55. The number of hydrogen-bond donors (Lipinski definition) is 1. The maximum atomic E-state index is 14.4. The van der Waals surface area contributed by atoms with Gasteiger partial charge in [0.15, 0.2) is 4.90 Å². The molecule has 2 aromatic heterocycles. The molecule has 206 valence electrons. The van der Waals surface area contributed by atoms with Crippen molar-refractivity contribution in [3.8, 4) is 23.1 Å². The lowest BCUT2D eigenvalue weighted by atomic mass is 10.0. The Kier molecular flexibility index (Phi) is 8.45. The van der Waals surface area contributed by atoms with Gasteiger partial charge in [0.1, 0.15) is 11.6 Å². The zero-order chi connectivity index (χ0) is 29.0. The summed E-state index contributed by atoms with van der Waals surface area (Å²) in [4.78, 5) is 21.3. The van der Waals surface area contributed by atoms with E-state index in [2.05, 4.69) is 9.97 Å². The zero-order valence-electron chi connectivity index (χ0n) is 22.4. The molecule has 10 heteroatoms. The Labute approximate surface area is 232 Å². The molecule has 4 aromatic rings. The molecule has 0 aliphatic carbocycles. The minimum absolute atomic E-state index is 0.0696. The van der Waals surface area contributed by atoms with Gasteiger partial charge in [-0.15, -0.1) is 0 Å². The lowest BCUT2D eigenvalue weighted by molar-refractivity contribution is 0.406. The van der Waals surface area contributed by atoms with Gasteiger partial charge in [0, 0.05) is 23.9 Å². The molecule has 0 bridgehead atoms. The van der Waals surface area contributed by atoms with Gasteiger partial charge in [-0.1, -0.05) is 38.5 Å². The first kappa shape index (κ1) is 28.6. The minimum atomic E-state index is -4.50. The molecule has 8 nitrogen and oxygen atoms in total. The number of benzene rings is 2. The molecule has 0 fully saturated rings. The van der Waals surface area contributed by atoms with Crippen LogP contribution in [-0.2, 0) is 16.3 Å². The van der Waals surface area contributed by atoms with Crippen LogP contribution in [0.3, 0.4) is 0 Å². The predicted molar refractivity (Wildman–Crippen MR) is 148 cm³/mol. The molecule has 2 heterocycles. The average Bonchev–Trinajstić information content (AvgIpc) is 2.93. The van der Waals surface area contributed by atoms with Gasteiger partial charge in [0.2, 0.25) is 15.7 Å². The maximum Gasteiger partial charge on any atom is 0.277 e. The molecule has 2 aromatic carbocycles. The number of hydrogen-bond acceptors (Lipinski definition) is 7. The van der Waals surface area contributed by atoms with Crippen molar-refractivity contribution in [2.45, 2.75) is 62.3 Å². The van der Waals surface area contributed by atoms with Gasteiger partial charge in [-0.3, -0.25) is 14.3 Å². The number of halogens is 1. The highest BCUT2D eigenvalue weighted by Crippen LogP contribution is 2.31. The van der Waals surface area contributed by atoms with Crippen LogP contribution >= 0.6 is 0 Å². The molecule has 0 unspecified atom stereocenters. The molecule has 0 saturated carbocycles. The summed E-state index contributed by atoms with van der Waals surface area (Å²) in [7, 11) is -4.50. The number of aryl methyl sites for hydroxylation is 2. The number of aromatic nitrogens is 3. The fourth-order valence-electron chi connectivity index (χ4n) is 4.77. The third kappa shape index (κ3) is 5.51. The SMILES string of the molecule is CCCCc1nc(O)c(S(=O)(=O)c2ccc(-c3cccnc3C)cc2)c(=O)n1[C@@H](CC)c1cc(F)cc(C#N)c1. The van der Waals surface area contributed by atoms with Gasteiger partial charge >= 0.3 is 0 Å². The van der Waals surface area contributed by atoms with E-state index in [1.807, 2.05) is 26.0 Å². The second kappa shape index (κ2) is 11.8. The number of nitrogens with zero attached hydrogens (tertiary/aromatic N) is 4. The van der Waals surface area contributed by atoms with Gasteiger partial charge in [-0.25, -0.2) is 12.8 Å². The number of aromatic hydroxyl groups is 1. The average molecular weight is 561 g/mol. The second-order valence-corrected chi connectivity index (χ2v) is 11.3. The van der Waals surface area contributed by atoms with E-state index in [9.17, 15) is 28.0 Å². The standard InChI is InChI=1S/C30H29FN4O4S/c1-4-6-9-27-34-29(36)28(30(37)35(27)26(5-2)22-15-20(18-32)16-23(31)17-22)40(38,39)24-12-10-21(11-13-24)25-8-7-14-33-19(25)3/h7-8,10-17,26,36H,4-6,9H2,1-3H3/t26-/m0/s1. The topological polar surface area (TPSA) is 126 Å². The fourth-order valence-corrected chi connectivity index (χ4v) is 6.12. The molecule has 0 radical (unpaired) electrons. The molecule has 0 spiro atoms. The van der Waals surface area contributed by atoms with Crippen LogP contribution in [0.5, 0.6) is 5.88 Å². The summed E-state index contributed by atoms with van der Waals surface area (Å²) in [6, 6.07) is 14.5. The highest BCUT2D eigenvalue weighted by molar-refractivity contribution is 7.91. The van der Waals surface area contributed by atoms with E-state index in [-0.39, 0.29) is 29.1 Å². The summed E-state index contributed by atoms with van der Waals surface area (Å²) < 4.78 is 43.1. The van der Waals surface area contributed by atoms with Crippen molar-refractivity contribution in [3.63, 3.8) is 0 Å². The van der Waals surface area contributed by atoms with Crippen LogP contribution in [0, 0.1) is 24.1 Å². The van der Waals surface area contributed by atoms with Gasteiger partial charge in [0.25, 0.3) is 5.56 Å². The van der Waals surface area contributed by atoms with E-state index in [0.29, 0.717) is 12.0 Å². The first-order valence-corrected chi connectivity index (χ1v) is 14.4. The smallest absolute Gasteiger partial charge is 0.277 e. The summed E-state index contributed by atoms with van der Waals surface area (Å²) in [5, 5.41) is 20.1. The summed E-state index contributed by atoms with van der Waals surface area (Å²) >= 11 is 0. The van der Waals surface area contributed by atoms with Gasteiger partial charge < -0.3 is 5.11 Å². The number of rotatable bonds is 9. The Morgan fingerprint density at radius 3 is 2.48 bits per heavy atom. The van der Waals surface area contributed by atoms with Crippen molar-refractivity contribution < 1.29 is 17.9 Å². The molecule has 4 rings (SSSR count). The molecule has 0 amide bonds. The molecule has 0 aliphatic heterocycles. The van der Waals surface area contributed by atoms with Crippen molar-refractivity contribution in [1.82, 2.24) is 14.5 Å². The van der Waals surface area contributed by atoms with Crippen LogP contribution < -0.4 is 5.56 Å². The van der Waals surface area contributed by atoms with Crippen LogP contribution in [0.2, 0.25) is 0 Å². The Hall–Kier alpha value is -4.36. The van der Waals surface area contributed by atoms with Crippen LogP contribution in [0.1, 0.15) is 61.8 Å². The van der Waals surface area contributed by atoms with Crippen LogP contribution in [0.4, 0.5) is 4.39 Å². The van der Waals surface area contributed by atoms with Crippen LogP contribution in [0.15, 0.2) is 75.4 Å². The third-order valence-electron chi connectivity index (χ3n) is 6.77. The number of sulfone groups is 1. The van der Waals surface area contributed by atoms with Crippen molar-refractivity contribution in [1.29, 1.82) is 5.26 Å². The Balaban J connectivity index is 1.90. The molecule has 0 saturated heterocycles. The van der Waals surface area contributed by atoms with Crippen LogP contribution in [0.25, 0.3) is 11.1 Å². The van der Waals surface area contributed by atoms with E-state index in [1.165, 1.54) is 28.8 Å². The summed E-state index contributed by atoms with van der Waals surface area (Å²) in [6.45, 7) is 5.55. The van der Waals surface area contributed by atoms with Crippen molar-refractivity contribution in [2.24, 2.45) is 0 Å². The van der Waals surface area contributed by atoms with E-state index in [4.69, 9.17) is 0 Å². The largest absolute Gasteiger partial charge is 0.492 e. The number of pyridine rings is 1. The first-order valence-electron chi connectivity index (χ1n) is 12.9. The van der Waals surface area contributed by atoms with E-state index >= 15 is 0 Å². The molecule has 40 heavy (non-hydrogen) atoms. The summed E-state index contributed by atoms with van der Waals surface area (Å²) in [6.07, 6.45) is 3.61. The lowest BCUT2D eigenvalue weighted by Gasteiger charge is -2.23. The molecular formula is C30H29FN4O4S. The van der Waals surface area contributed by atoms with Crippen molar-refractivity contribution in [3.05, 3.63) is 99.6 Å². The number of unbranched alkanes of at least 4 members (excludes halogenated alkanes) is 1. The monoisotopic (exact) mass is 560 g/mol. The summed E-state index contributed by atoms with van der Waals surface area (Å²) in [5.74, 6) is -1.36. The van der Waals surface area contributed by atoms with Crippen LogP contribution in [-0.4, -0.2) is 28.1 Å². The van der Waals surface area contributed by atoms with Crippen molar-refractivity contribution in [2.75, 3.05) is 0 Å². The molecule has 0 aliphatic rings. The van der Waals surface area contributed by atoms with Gasteiger partial charge in [0.05, 0.1) is 22.6 Å². The quantitative estimate of drug-likeness (QED) is 0.286. The van der Waals surface area contributed by atoms with Gasteiger partial charge in [-0.2, -0.15) is 10.2 Å². The molecule has 1 atom stereocenters. The molecule has 1 N–H and O–H groups in total. The van der Waals surface area contributed by atoms with E-state index in [1.54, 1.807) is 31.3 Å². The predicted octanol–water partition coefficient (Wildman–Crippen LogP) is 5.50. The second-order valence-electron chi connectivity index (χ2n) is 9.43. The van der Waals surface area contributed by atoms with E-state index in [0.717, 1.165) is 29.3 Å². The summed E-state index contributed by atoms with van der Waals surface area (Å²) in [5.41, 5.74) is 1.78. The fraction of sp³-hybridized carbons (Fsp3) is 0.267. The zero-order valence-corrected chi connectivity index (χ0v) is 23.2. The van der Waals surface area contributed by atoms with Crippen molar-refractivity contribution >= 4 is 9.84 Å². The Bertz CT molecular complexity index is 1760. The Morgan fingerprint density at radius 2 is 1.85 bits per heavy atom. The highest BCUT2D eigenvalue weighted by Gasteiger charge is 2.31.